The fourth-order valence-corrected chi connectivity index (χ4v) is 5.34. The van der Waals surface area contributed by atoms with Crippen LogP contribution in [0.1, 0.15) is 38.6 Å². The number of nitrogens with two attached hydrogens (primary N) is 1. The van der Waals surface area contributed by atoms with E-state index >= 15 is 0 Å². The molecule has 2 aromatic heterocycles. The quantitative estimate of drug-likeness (QED) is 0.189. The van der Waals surface area contributed by atoms with E-state index in [4.69, 9.17) is 24.9 Å². The number of ether oxygens (including phenoxy) is 3. The van der Waals surface area contributed by atoms with Crippen LogP contribution in [0.3, 0.4) is 0 Å². The van der Waals surface area contributed by atoms with Gasteiger partial charge in [0.1, 0.15) is 17.1 Å². The smallest absolute Gasteiger partial charge is 0.346 e. The molecular formula is C33H44N6O5. The minimum Gasteiger partial charge on any atom is -0.479 e. The van der Waals surface area contributed by atoms with E-state index in [1.54, 1.807) is 20.1 Å². The number of likely N-dealkylation sites (N-methyl/N-ethyl adjacent to an activating group) is 1. The van der Waals surface area contributed by atoms with E-state index in [1.165, 1.54) is 7.11 Å². The second-order valence-corrected chi connectivity index (χ2v) is 10.7. The molecule has 0 aliphatic rings. The molecule has 0 spiro atoms. The number of carbonyl (C=O) groups is 2. The molecule has 236 valence electrons. The number of hydrogen-bond donors (Lipinski definition) is 1. The minimum absolute atomic E-state index is 0.0527. The number of fused-ring (bicyclic) bond motifs is 3. The Bertz CT molecular complexity index is 1570. The number of anilines is 1. The molecule has 0 bridgehead atoms. The number of nitrogen functional groups attached to an aromatic ring is 1. The molecule has 4 rings (SSSR count). The molecule has 1 atom stereocenters. The molecule has 0 radical (unpaired) electrons. The number of amides is 1. The molecule has 0 saturated carbocycles. The number of aryl methyl sites for hydroxylation is 1. The Morgan fingerprint density at radius 1 is 1.05 bits per heavy atom. The highest BCUT2D eigenvalue weighted by Crippen LogP contribution is 2.29. The lowest BCUT2D eigenvalue weighted by atomic mass is 10.1. The van der Waals surface area contributed by atoms with Gasteiger partial charge in [0.25, 0.3) is 0 Å². The average Bonchev–Trinajstić information content (AvgIpc) is 3.40. The molecule has 0 saturated heterocycles. The number of para-hydroxylation sites is 1. The lowest BCUT2D eigenvalue weighted by Gasteiger charge is -2.27. The van der Waals surface area contributed by atoms with E-state index in [0.717, 1.165) is 40.9 Å². The normalized spacial score (nSPS) is 12.1. The topological polar surface area (TPSA) is 125 Å². The summed E-state index contributed by atoms with van der Waals surface area (Å²) >= 11 is 0. The van der Waals surface area contributed by atoms with Crippen molar-refractivity contribution in [2.75, 3.05) is 52.7 Å². The van der Waals surface area contributed by atoms with E-state index in [1.807, 2.05) is 47.4 Å². The van der Waals surface area contributed by atoms with Crippen LogP contribution in [0.5, 0.6) is 5.75 Å². The van der Waals surface area contributed by atoms with Crippen molar-refractivity contribution in [1.29, 1.82) is 0 Å². The first kappa shape index (κ1) is 32.7. The van der Waals surface area contributed by atoms with E-state index in [0.29, 0.717) is 62.7 Å². The zero-order chi connectivity index (χ0) is 31.6. The summed E-state index contributed by atoms with van der Waals surface area (Å²) in [5, 5.41) is 0.986. The van der Waals surface area contributed by atoms with E-state index in [2.05, 4.69) is 28.3 Å². The monoisotopic (exact) mass is 604 g/mol. The van der Waals surface area contributed by atoms with Crippen LogP contribution < -0.4 is 10.5 Å². The summed E-state index contributed by atoms with van der Waals surface area (Å²) in [6, 6.07) is 15.4. The molecule has 0 aliphatic carbocycles. The second-order valence-electron chi connectivity index (χ2n) is 10.7. The van der Waals surface area contributed by atoms with Crippen LogP contribution in [0, 0.1) is 0 Å². The summed E-state index contributed by atoms with van der Waals surface area (Å²) in [5.74, 6) is 1.42. The van der Waals surface area contributed by atoms with Crippen molar-refractivity contribution < 1.29 is 23.8 Å². The molecule has 0 fully saturated rings. The predicted octanol–water partition coefficient (Wildman–Crippen LogP) is 4.06. The highest BCUT2D eigenvalue weighted by molar-refractivity contribution is 6.06. The van der Waals surface area contributed by atoms with E-state index in [9.17, 15) is 9.59 Å². The molecule has 2 heterocycles. The molecule has 4 aromatic rings. The number of imidazole rings is 1. The third-order valence-corrected chi connectivity index (χ3v) is 7.75. The van der Waals surface area contributed by atoms with Gasteiger partial charge in [-0.2, -0.15) is 0 Å². The highest BCUT2D eigenvalue weighted by atomic mass is 16.6. The summed E-state index contributed by atoms with van der Waals surface area (Å²) in [6.45, 7) is 9.77. The van der Waals surface area contributed by atoms with Crippen LogP contribution in [0.15, 0.2) is 48.5 Å². The number of carbonyl (C=O) groups excluding carboxylic acids is 2. The van der Waals surface area contributed by atoms with Gasteiger partial charge in [0.2, 0.25) is 5.91 Å². The maximum absolute atomic E-state index is 13.6. The summed E-state index contributed by atoms with van der Waals surface area (Å²) < 4.78 is 18.1. The zero-order valence-electron chi connectivity index (χ0n) is 26.4. The van der Waals surface area contributed by atoms with Crippen LogP contribution >= 0.6 is 0 Å². The first-order chi connectivity index (χ1) is 21.3. The van der Waals surface area contributed by atoms with Crippen molar-refractivity contribution in [3.63, 3.8) is 0 Å². The van der Waals surface area contributed by atoms with Gasteiger partial charge in [-0.25, -0.2) is 14.8 Å². The summed E-state index contributed by atoms with van der Waals surface area (Å²) in [7, 11) is 3.01. The molecule has 2 N–H and O–H groups in total. The first-order valence-electron chi connectivity index (χ1n) is 15.1. The molecular weight excluding hydrogens is 560 g/mol. The Hall–Kier alpha value is -4.22. The molecule has 44 heavy (non-hydrogen) atoms. The average molecular weight is 605 g/mol. The Kier molecular flexibility index (Phi) is 11.5. The fourth-order valence-electron chi connectivity index (χ4n) is 5.34. The van der Waals surface area contributed by atoms with Gasteiger partial charge in [-0.05, 0) is 50.2 Å². The Balaban J connectivity index is 1.59. The van der Waals surface area contributed by atoms with E-state index in [-0.39, 0.29) is 5.91 Å². The van der Waals surface area contributed by atoms with Crippen molar-refractivity contribution in [1.82, 2.24) is 24.3 Å². The second kappa shape index (κ2) is 15.5. The van der Waals surface area contributed by atoms with Gasteiger partial charge >= 0.3 is 5.97 Å². The maximum Gasteiger partial charge on any atom is 0.346 e. The van der Waals surface area contributed by atoms with Crippen molar-refractivity contribution >= 4 is 39.6 Å². The molecule has 2 aromatic carbocycles. The molecule has 0 aliphatic heterocycles. The van der Waals surface area contributed by atoms with Gasteiger partial charge < -0.3 is 29.4 Å². The molecule has 11 heteroatoms. The number of pyridine rings is 1. The Morgan fingerprint density at radius 2 is 1.82 bits per heavy atom. The van der Waals surface area contributed by atoms with Crippen molar-refractivity contribution in [3.8, 4) is 5.75 Å². The number of esters is 1. The first-order valence-corrected chi connectivity index (χ1v) is 15.1. The molecule has 1 unspecified atom stereocenters. The minimum atomic E-state index is -0.742. The number of methoxy groups -OCH3 is 2. The lowest BCUT2D eigenvalue weighted by Crippen LogP contribution is -2.40. The Morgan fingerprint density at radius 3 is 2.55 bits per heavy atom. The third-order valence-electron chi connectivity index (χ3n) is 7.75. The van der Waals surface area contributed by atoms with Gasteiger partial charge in [-0.15, -0.1) is 0 Å². The van der Waals surface area contributed by atoms with Crippen LogP contribution in [0.4, 0.5) is 5.82 Å². The van der Waals surface area contributed by atoms with Gasteiger partial charge in [-0.3, -0.25) is 9.69 Å². The fraction of sp³-hybridized carbons (Fsp3) is 0.455. The SMILES string of the molecule is CCN(CC)CC(=O)N(CCCn1c(CCOC)nc2c(N)nc3ccccc3c21)Cc1cccc(OC(C)C(=O)OC)c1. The van der Waals surface area contributed by atoms with Gasteiger partial charge in [0.15, 0.2) is 11.9 Å². The number of benzene rings is 2. The van der Waals surface area contributed by atoms with E-state index < -0.39 is 12.1 Å². The maximum atomic E-state index is 13.6. The number of aromatic nitrogens is 3. The van der Waals surface area contributed by atoms with Crippen molar-refractivity contribution in [2.45, 2.75) is 52.8 Å². The summed E-state index contributed by atoms with van der Waals surface area (Å²) in [6.07, 6.45) is 0.579. The van der Waals surface area contributed by atoms with Crippen LogP contribution in [0.2, 0.25) is 0 Å². The van der Waals surface area contributed by atoms with Gasteiger partial charge in [0.05, 0.1) is 31.3 Å². The number of rotatable bonds is 16. The van der Waals surface area contributed by atoms with Crippen LogP contribution in [-0.4, -0.2) is 89.3 Å². The van der Waals surface area contributed by atoms with Crippen molar-refractivity contribution in [3.05, 3.63) is 59.9 Å². The number of hydrogen-bond acceptors (Lipinski definition) is 9. The highest BCUT2D eigenvalue weighted by Gasteiger charge is 2.21. The zero-order valence-corrected chi connectivity index (χ0v) is 26.4. The predicted molar refractivity (Wildman–Crippen MR) is 171 cm³/mol. The van der Waals surface area contributed by atoms with Gasteiger partial charge in [-0.1, -0.05) is 44.2 Å². The number of nitrogens with zero attached hydrogens (tertiary/aromatic N) is 5. The van der Waals surface area contributed by atoms with Crippen LogP contribution in [-0.2, 0) is 38.6 Å². The molecule has 11 nitrogen and oxygen atoms in total. The summed E-state index contributed by atoms with van der Waals surface area (Å²) in [4.78, 5) is 39.0. The molecule has 1 amide bonds. The third kappa shape index (κ3) is 7.83. The lowest BCUT2D eigenvalue weighted by molar-refractivity contribution is -0.147. The summed E-state index contributed by atoms with van der Waals surface area (Å²) in [5.41, 5.74) is 9.72. The van der Waals surface area contributed by atoms with Crippen LogP contribution in [0.25, 0.3) is 21.9 Å². The largest absolute Gasteiger partial charge is 0.479 e. The van der Waals surface area contributed by atoms with Gasteiger partial charge in [0, 0.05) is 38.6 Å². The van der Waals surface area contributed by atoms with Crippen molar-refractivity contribution in [2.24, 2.45) is 0 Å². The standard InChI is InChI=1S/C33H44N6O5/c1-6-37(7-2)22-29(40)38(21-24-12-10-13-25(20-24)44-23(3)33(41)43-5)17-11-18-39-28(16-19-42-4)36-30-31(39)26-14-8-9-15-27(26)35-32(30)34/h8-10,12-15,20,23H,6-7,11,16-19,21-22H2,1-5H3,(H2,34,35). The Labute approximate surface area is 258 Å².